The van der Waals surface area contributed by atoms with Gasteiger partial charge in [0, 0.05) is 46.7 Å². The van der Waals surface area contributed by atoms with E-state index in [9.17, 15) is 0 Å². The molecule has 2 heterocycles. The Morgan fingerprint density at radius 1 is 0.419 bits per heavy atom. The lowest BCUT2D eigenvalue weighted by Crippen LogP contribution is -2.10. The van der Waals surface area contributed by atoms with Crippen molar-refractivity contribution in [3.63, 3.8) is 0 Å². The Balaban J connectivity index is 1.39. The van der Waals surface area contributed by atoms with Crippen molar-refractivity contribution in [1.29, 1.82) is 0 Å². The molecule has 0 N–H and O–H groups in total. The van der Waals surface area contributed by atoms with E-state index in [1.54, 1.807) is 0 Å². The second-order valence-corrected chi connectivity index (χ2v) is 13.0. The molecule has 9 aromatic rings. The van der Waals surface area contributed by atoms with Gasteiger partial charge in [0.25, 0.3) is 0 Å². The first-order valence-electron chi connectivity index (χ1n) is 14.5. The zero-order chi connectivity index (χ0) is 28.3. The molecule has 0 aliphatic rings. The maximum atomic E-state index is 2.49. The molecule has 0 spiro atoms. The second kappa shape index (κ2) is 9.81. The molecule has 0 saturated carbocycles. The van der Waals surface area contributed by atoms with Crippen molar-refractivity contribution >= 4 is 90.9 Å². The number of thiophene rings is 2. The molecule has 0 bridgehead atoms. The van der Waals surface area contributed by atoms with Crippen LogP contribution in [0.4, 0.5) is 17.1 Å². The summed E-state index contributed by atoms with van der Waals surface area (Å²) < 4.78 is 5.24. The van der Waals surface area contributed by atoms with E-state index < -0.39 is 0 Å². The minimum absolute atomic E-state index is 1.17. The highest BCUT2D eigenvalue weighted by molar-refractivity contribution is 7.26. The van der Waals surface area contributed by atoms with Crippen LogP contribution in [0.3, 0.4) is 0 Å². The van der Waals surface area contributed by atoms with Crippen LogP contribution in [-0.4, -0.2) is 0 Å². The fourth-order valence-corrected chi connectivity index (χ4v) is 8.83. The maximum absolute atomic E-state index is 2.49. The molecule has 9 rings (SSSR count). The summed E-state index contributed by atoms with van der Waals surface area (Å²) in [5.74, 6) is 0. The summed E-state index contributed by atoms with van der Waals surface area (Å²) in [7, 11) is 0. The van der Waals surface area contributed by atoms with Crippen LogP contribution in [0.2, 0.25) is 0 Å². The summed E-state index contributed by atoms with van der Waals surface area (Å²) in [6.07, 6.45) is 0. The zero-order valence-corrected chi connectivity index (χ0v) is 24.8. The molecule has 2 aromatic heterocycles. The van der Waals surface area contributed by atoms with Crippen molar-refractivity contribution in [2.45, 2.75) is 0 Å². The van der Waals surface area contributed by atoms with Gasteiger partial charge >= 0.3 is 0 Å². The normalized spacial score (nSPS) is 11.7. The van der Waals surface area contributed by atoms with Crippen LogP contribution in [0.5, 0.6) is 0 Å². The topological polar surface area (TPSA) is 3.24 Å². The molecule has 1 nitrogen and oxygen atoms in total. The highest BCUT2D eigenvalue weighted by Crippen LogP contribution is 2.50. The Bertz CT molecular complexity index is 2460. The molecule has 43 heavy (non-hydrogen) atoms. The largest absolute Gasteiger partial charge is 0.308 e. The molecular weight excluding hydrogens is 559 g/mol. The predicted molar refractivity (Wildman–Crippen MR) is 190 cm³/mol. The standard InChI is InChI=1S/C40H25NS2/c1-2-11-27(12-3-1)30-22-23-35(40-39(30)32-17-7-9-20-37(32)43-40)41(34-18-10-14-26-13-4-5-15-29(26)34)28-21-24-38-33(25-28)31-16-6-8-19-36(31)42-38/h1-25H. The minimum atomic E-state index is 1.17. The van der Waals surface area contributed by atoms with Gasteiger partial charge in [0.15, 0.2) is 0 Å². The Kier molecular flexibility index (Phi) is 5.62. The number of hydrogen-bond acceptors (Lipinski definition) is 3. The van der Waals surface area contributed by atoms with Gasteiger partial charge in [-0.3, -0.25) is 0 Å². The fourth-order valence-electron chi connectivity index (χ4n) is 6.51. The molecular formula is C40H25NS2. The smallest absolute Gasteiger partial charge is 0.0641 e. The number of benzene rings is 7. The van der Waals surface area contributed by atoms with Crippen molar-refractivity contribution < 1.29 is 0 Å². The molecule has 0 fully saturated rings. The van der Waals surface area contributed by atoms with Gasteiger partial charge in [-0.1, -0.05) is 109 Å². The molecule has 0 unspecified atom stereocenters. The van der Waals surface area contributed by atoms with Crippen LogP contribution >= 0.6 is 22.7 Å². The summed E-state index contributed by atoms with van der Waals surface area (Å²) in [5.41, 5.74) is 6.06. The third kappa shape index (κ3) is 3.90. The van der Waals surface area contributed by atoms with Gasteiger partial charge in [0.1, 0.15) is 0 Å². The first kappa shape index (κ1) is 24.6. The molecule has 202 valence electrons. The summed E-state index contributed by atoms with van der Waals surface area (Å²) in [6.45, 7) is 0. The van der Waals surface area contributed by atoms with Gasteiger partial charge in [-0.2, -0.15) is 0 Å². The lowest BCUT2D eigenvalue weighted by molar-refractivity contribution is 1.32. The number of fused-ring (bicyclic) bond motifs is 7. The molecule has 0 aliphatic heterocycles. The zero-order valence-electron chi connectivity index (χ0n) is 23.2. The van der Waals surface area contributed by atoms with Crippen molar-refractivity contribution in [2.24, 2.45) is 0 Å². The van der Waals surface area contributed by atoms with Gasteiger partial charge in [0.2, 0.25) is 0 Å². The minimum Gasteiger partial charge on any atom is -0.308 e. The van der Waals surface area contributed by atoms with Crippen LogP contribution in [0, 0.1) is 0 Å². The third-order valence-electron chi connectivity index (χ3n) is 8.46. The lowest BCUT2D eigenvalue weighted by Gasteiger charge is -2.28. The molecule has 0 aliphatic carbocycles. The van der Waals surface area contributed by atoms with Crippen LogP contribution < -0.4 is 4.90 Å². The van der Waals surface area contributed by atoms with E-state index in [0.29, 0.717) is 0 Å². The molecule has 0 amide bonds. The summed E-state index contributed by atoms with van der Waals surface area (Å²) >= 11 is 3.75. The highest BCUT2D eigenvalue weighted by atomic mass is 32.1. The number of nitrogens with zero attached hydrogens (tertiary/aromatic N) is 1. The van der Waals surface area contributed by atoms with Crippen LogP contribution in [0.15, 0.2) is 152 Å². The molecule has 3 heteroatoms. The highest BCUT2D eigenvalue weighted by Gasteiger charge is 2.22. The average Bonchev–Trinajstić information content (AvgIpc) is 3.64. The molecule has 0 radical (unpaired) electrons. The van der Waals surface area contributed by atoms with Crippen molar-refractivity contribution in [3.05, 3.63) is 152 Å². The average molecular weight is 584 g/mol. The SMILES string of the molecule is c1ccc(-c2ccc(N(c3ccc4sc5ccccc5c4c3)c3cccc4ccccc34)c3sc4ccccc4c23)cc1. The van der Waals surface area contributed by atoms with Crippen molar-refractivity contribution in [2.75, 3.05) is 4.90 Å². The number of rotatable bonds is 4. The van der Waals surface area contributed by atoms with Gasteiger partial charge in [-0.15, -0.1) is 22.7 Å². The van der Waals surface area contributed by atoms with Crippen molar-refractivity contribution in [3.8, 4) is 11.1 Å². The van der Waals surface area contributed by atoms with E-state index in [0.717, 1.165) is 0 Å². The van der Waals surface area contributed by atoms with Crippen LogP contribution in [0.25, 0.3) is 62.2 Å². The quantitative estimate of drug-likeness (QED) is 0.199. The van der Waals surface area contributed by atoms with Crippen molar-refractivity contribution in [1.82, 2.24) is 0 Å². The lowest BCUT2D eigenvalue weighted by atomic mass is 9.98. The summed E-state index contributed by atoms with van der Waals surface area (Å²) in [6, 6.07) is 55.4. The fraction of sp³-hybridized carbons (Fsp3) is 0. The van der Waals surface area contributed by atoms with Gasteiger partial charge in [-0.05, 0) is 59.0 Å². The maximum Gasteiger partial charge on any atom is 0.0641 e. The van der Waals surface area contributed by atoms with E-state index in [1.807, 2.05) is 22.7 Å². The molecule has 0 atom stereocenters. The number of anilines is 3. The summed E-state index contributed by atoms with van der Waals surface area (Å²) in [4.78, 5) is 2.49. The third-order valence-corrected chi connectivity index (χ3v) is 10.8. The monoisotopic (exact) mass is 583 g/mol. The Morgan fingerprint density at radius 3 is 1.95 bits per heavy atom. The van der Waals surface area contributed by atoms with Crippen LogP contribution in [0.1, 0.15) is 0 Å². The van der Waals surface area contributed by atoms with E-state index in [1.165, 1.54) is 79.3 Å². The van der Waals surface area contributed by atoms with E-state index in [-0.39, 0.29) is 0 Å². The predicted octanol–water partition coefficient (Wildman–Crippen LogP) is 12.7. The van der Waals surface area contributed by atoms with E-state index in [2.05, 4.69) is 157 Å². The molecule has 7 aromatic carbocycles. The first-order chi connectivity index (χ1) is 21.3. The summed E-state index contributed by atoms with van der Waals surface area (Å²) in [5, 5.41) is 7.71. The Labute approximate surface area is 257 Å². The van der Waals surface area contributed by atoms with Gasteiger partial charge < -0.3 is 4.90 Å². The Morgan fingerprint density at radius 2 is 1.09 bits per heavy atom. The van der Waals surface area contributed by atoms with Gasteiger partial charge in [-0.25, -0.2) is 0 Å². The molecule has 0 saturated heterocycles. The van der Waals surface area contributed by atoms with E-state index >= 15 is 0 Å². The van der Waals surface area contributed by atoms with Gasteiger partial charge in [0.05, 0.1) is 16.1 Å². The number of hydrogen-bond donors (Lipinski definition) is 0. The first-order valence-corrected chi connectivity index (χ1v) is 16.2. The Hall–Kier alpha value is -4.96. The van der Waals surface area contributed by atoms with E-state index in [4.69, 9.17) is 0 Å². The van der Waals surface area contributed by atoms with Crippen LogP contribution in [-0.2, 0) is 0 Å². The second-order valence-electron chi connectivity index (χ2n) is 10.9.